The highest BCUT2D eigenvalue weighted by Gasteiger charge is 2.04. The smallest absolute Gasteiger partial charge is 0.134 e. The number of phenols is 2. The Bertz CT molecular complexity index is 492. The lowest BCUT2D eigenvalue weighted by Crippen LogP contribution is -1.76. The molecule has 0 spiro atoms. The molecule has 1 aromatic heterocycles. The van der Waals surface area contributed by atoms with Gasteiger partial charge in [-0.25, -0.2) is 0 Å². The van der Waals surface area contributed by atoms with Crippen LogP contribution in [0.25, 0.3) is 12.2 Å². The molecule has 0 radical (unpaired) electrons. The lowest BCUT2D eigenvalue weighted by atomic mass is 10.1. The summed E-state index contributed by atoms with van der Waals surface area (Å²) in [4.78, 5) is 0. The van der Waals surface area contributed by atoms with E-state index in [1.54, 1.807) is 30.7 Å². The number of hydrogen-bond donors (Lipinski definition) is 2. The van der Waals surface area contributed by atoms with Crippen LogP contribution in [0.5, 0.6) is 11.5 Å². The van der Waals surface area contributed by atoms with Crippen LogP contribution in [0.1, 0.15) is 11.1 Å². The maximum absolute atomic E-state index is 9.48. The van der Waals surface area contributed by atoms with E-state index in [0.29, 0.717) is 10.0 Å². The van der Waals surface area contributed by atoms with E-state index in [9.17, 15) is 10.2 Å². The van der Waals surface area contributed by atoms with Crippen LogP contribution in [-0.4, -0.2) is 10.2 Å². The predicted molar refractivity (Wildman–Crippen MR) is 65.1 cm³/mol. The lowest BCUT2D eigenvalue weighted by Gasteiger charge is -2.01. The number of rotatable bonds is 2. The monoisotopic (exact) mass is 280 g/mol. The molecule has 2 N–H and O–H groups in total. The van der Waals surface area contributed by atoms with Crippen LogP contribution in [-0.2, 0) is 0 Å². The van der Waals surface area contributed by atoms with Crippen molar-refractivity contribution in [3.8, 4) is 11.5 Å². The van der Waals surface area contributed by atoms with Crippen molar-refractivity contribution in [1.29, 1.82) is 0 Å². The summed E-state index contributed by atoms with van der Waals surface area (Å²) in [5, 5.41) is 19.0. The molecule has 0 amide bonds. The molecule has 0 aliphatic rings. The van der Waals surface area contributed by atoms with Crippen LogP contribution in [0.2, 0.25) is 0 Å². The zero-order valence-electron chi connectivity index (χ0n) is 8.22. The SMILES string of the molecule is Oc1cc(/C=C/c2ccoc2)cc(O)c1Br. The molecule has 0 aliphatic heterocycles. The third kappa shape index (κ3) is 2.28. The van der Waals surface area contributed by atoms with Crippen LogP contribution in [0.4, 0.5) is 0 Å². The summed E-state index contributed by atoms with van der Waals surface area (Å²) in [5.41, 5.74) is 1.63. The van der Waals surface area contributed by atoms with Crippen molar-refractivity contribution in [2.75, 3.05) is 0 Å². The van der Waals surface area contributed by atoms with Gasteiger partial charge in [0.25, 0.3) is 0 Å². The fraction of sp³-hybridized carbons (Fsp3) is 0. The van der Waals surface area contributed by atoms with Gasteiger partial charge in [-0.2, -0.15) is 0 Å². The molecule has 0 fully saturated rings. The van der Waals surface area contributed by atoms with Crippen LogP contribution in [0.3, 0.4) is 0 Å². The number of benzene rings is 1. The van der Waals surface area contributed by atoms with Gasteiger partial charge >= 0.3 is 0 Å². The van der Waals surface area contributed by atoms with Gasteiger partial charge in [-0.05, 0) is 39.7 Å². The summed E-state index contributed by atoms with van der Waals surface area (Å²) in [6, 6.07) is 4.93. The summed E-state index contributed by atoms with van der Waals surface area (Å²) in [5.74, 6) is 0.0127. The highest BCUT2D eigenvalue weighted by Crippen LogP contribution is 2.34. The Morgan fingerprint density at radius 3 is 2.25 bits per heavy atom. The molecule has 2 rings (SSSR count). The van der Waals surface area contributed by atoms with Gasteiger partial charge in [-0.1, -0.05) is 12.2 Å². The third-order valence-corrected chi connectivity index (χ3v) is 2.88. The Morgan fingerprint density at radius 2 is 1.69 bits per heavy atom. The minimum absolute atomic E-state index is 0.00634. The fourth-order valence-corrected chi connectivity index (χ4v) is 1.50. The summed E-state index contributed by atoms with van der Waals surface area (Å²) in [6.45, 7) is 0. The van der Waals surface area contributed by atoms with Crippen molar-refractivity contribution in [1.82, 2.24) is 0 Å². The highest BCUT2D eigenvalue weighted by atomic mass is 79.9. The van der Waals surface area contributed by atoms with Gasteiger partial charge in [0.2, 0.25) is 0 Å². The molecule has 1 aromatic carbocycles. The van der Waals surface area contributed by atoms with Crippen LogP contribution in [0, 0.1) is 0 Å². The molecule has 0 saturated heterocycles. The molecule has 0 bridgehead atoms. The molecular formula is C12H9BrO3. The average molecular weight is 281 g/mol. The maximum atomic E-state index is 9.48. The first-order valence-corrected chi connectivity index (χ1v) is 5.38. The molecule has 0 atom stereocenters. The first-order chi connectivity index (χ1) is 7.66. The van der Waals surface area contributed by atoms with Gasteiger partial charge in [0.15, 0.2) is 0 Å². The van der Waals surface area contributed by atoms with Crippen molar-refractivity contribution in [2.45, 2.75) is 0 Å². The van der Waals surface area contributed by atoms with Crippen molar-refractivity contribution < 1.29 is 14.6 Å². The number of aromatic hydroxyl groups is 2. The summed E-state index contributed by atoms with van der Waals surface area (Å²) in [6.07, 6.45) is 6.79. The number of hydrogen-bond acceptors (Lipinski definition) is 3. The van der Waals surface area contributed by atoms with E-state index in [-0.39, 0.29) is 11.5 Å². The third-order valence-electron chi connectivity index (χ3n) is 2.07. The summed E-state index contributed by atoms with van der Waals surface area (Å²) >= 11 is 3.06. The number of furan rings is 1. The highest BCUT2D eigenvalue weighted by molar-refractivity contribution is 9.10. The first-order valence-electron chi connectivity index (χ1n) is 4.58. The zero-order valence-corrected chi connectivity index (χ0v) is 9.81. The second kappa shape index (κ2) is 4.45. The minimum Gasteiger partial charge on any atom is -0.507 e. The largest absolute Gasteiger partial charge is 0.507 e. The lowest BCUT2D eigenvalue weighted by molar-refractivity contribution is 0.444. The first kappa shape index (κ1) is 10.8. The summed E-state index contributed by atoms with van der Waals surface area (Å²) in [7, 11) is 0. The Balaban J connectivity index is 2.29. The van der Waals surface area contributed by atoms with Crippen molar-refractivity contribution in [2.24, 2.45) is 0 Å². The van der Waals surface area contributed by atoms with Crippen LogP contribution < -0.4 is 0 Å². The fourth-order valence-electron chi connectivity index (χ4n) is 1.27. The molecule has 3 nitrogen and oxygen atoms in total. The second-order valence-electron chi connectivity index (χ2n) is 3.26. The van der Waals surface area contributed by atoms with E-state index >= 15 is 0 Å². The van der Waals surface area contributed by atoms with Gasteiger partial charge in [0.05, 0.1) is 12.5 Å². The number of phenolic OH excluding ortho intramolecular Hbond substituents is 2. The summed E-state index contributed by atoms with van der Waals surface area (Å²) < 4.78 is 5.21. The second-order valence-corrected chi connectivity index (χ2v) is 4.06. The maximum Gasteiger partial charge on any atom is 0.134 e. The Labute approximate surface area is 101 Å². The van der Waals surface area contributed by atoms with Crippen molar-refractivity contribution in [3.63, 3.8) is 0 Å². The van der Waals surface area contributed by atoms with Crippen LogP contribution in [0.15, 0.2) is 39.6 Å². The molecular weight excluding hydrogens is 272 g/mol. The standard InChI is InChI=1S/C12H9BrO3/c13-12-10(14)5-9(6-11(12)15)2-1-8-3-4-16-7-8/h1-7,14-15H/b2-1+. The Morgan fingerprint density at radius 1 is 1.06 bits per heavy atom. The van der Waals surface area contributed by atoms with E-state index < -0.39 is 0 Å². The van der Waals surface area contributed by atoms with Gasteiger partial charge in [-0.3, -0.25) is 0 Å². The quantitative estimate of drug-likeness (QED) is 0.883. The molecule has 0 aliphatic carbocycles. The van der Waals surface area contributed by atoms with Crippen molar-refractivity contribution in [3.05, 3.63) is 46.3 Å². The molecule has 2 aromatic rings. The Kier molecular flexibility index (Phi) is 3.01. The molecule has 0 unspecified atom stereocenters. The normalized spacial score (nSPS) is 11.1. The predicted octanol–water partition coefficient (Wildman–Crippen LogP) is 3.62. The van der Waals surface area contributed by atoms with Gasteiger partial charge < -0.3 is 14.6 Å². The topological polar surface area (TPSA) is 53.6 Å². The average Bonchev–Trinajstić information content (AvgIpc) is 2.75. The molecule has 82 valence electrons. The van der Waals surface area contributed by atoms with E-state index in [1.165, 1.54) is 0 Å². The van der Waals surface area contributed by atoms with Gasteiger partial charge in [-0.15, -0.1) is 0 Å². The van der Waals surface area contributed by atoms with Crippen molar-refractivity contribution >= 4 is 28.1 Å². The van der Waals surface area contributed by atoms with Gasteiger partial charge in [0.1, 0.15) is 16.0 Å². The molecule has 0 saturated carbocycles. The number of halogens is 1. The van der Waals surface area contributed by atoms with E-state index in [4.69, 9.17) is 4.42 Å². The molecule has 1 heterocycles. The van der Waals surface area contributed by atoms with Crippen LogP contribution >= 0.6 is 15.9 Å². The van der Waals surface area contributed by atoms with E-state index in [2.05, 4.69) is 15.9 Å². The van der Waals surface area contributed by atoms with E-state index in [0.717, 1.165) is 5.56 Å². The zero-order chi connectivity index (χ0) is 11.5. The minimum atomic E-state index is 0.00634. The Hall–Kier alpha value is -1.68. The molecule has 16 heavy (non-hydrogen) atoms. The van der Waals surface area contributed by atoms with E-state index in [1.807, 2.05) is 12.1 Å². The molecule has 4 heteroatoms. The van der Waals surface area contributed by atoms with Gasteiger partial charge in [0, 0.05) is 5.56 Å².